The van der Waals surface area contributed by atoms with Gasteiger partial charge in [-0.3, -0.25) is 4.79 Å². The van der Waals surface area contributed by atoms with Crippen LogP contribution >= 0.6 is 11.3 Å². The van der Waals surface area contributed by atoms with Gasteiger partial charge in [0.05, 0.1) is 0 Å². The van der Waals surface area contributed by atoms with Crippen molar-refractivity contribution < 1.29 is 14.6 Å². The quantitative estimate of drug-likeness (QED) is 0.858. The molecule has 1 unspecified atom stereocenters. The zero-order valence-electron chi connectivity index (χ0n) is 11.2. The SMILES string of the molecule is Cc1cccc(OCC(=O)NCC(O)c2cccs2)c1. The first-order valence-corrected chi connectivity index (χ1v) is 7.21. The Morgan fingerprint density at radius 1 is 1.40 bits per heavy atom. The second-order valence-electron chi connectivity index (χ2n) is 4.44. The number of carbonyl (C=O) groups excluding carboxylic acids is 1. The number of carbonyl (C=O) groups is 1. The number of benzene rings is 1. The van der Waals surface area contributed by atoms with E-state index in [0.717, 1.165) is 10.4 Å². The molecule has 1 heterocycles. The fraction of sp³-hybridized carbons (Fsp3) is 0.267. The molecule has 0 aliphatic rings. The van der Waals surface area contributed by atoms with Crippen LogP contribution in [0.25, 0.3) is 0 Å². The van der Waals surface area contributed by atoms with Gasteiger partial charge in [-0.2, -0.15) is 0 Å². The number of rotatable bonds is 6. The second-order valence-corrected chi connectivity index (χ2v) is 5.42. The van der Waals surface area contributed by atoms with Crippen LogP contribution in [0.4, 0.5) is 0 Å². The van der Waals surface area contributed by atoms with Gasteiger partial charge in [0.1, 0.15) is 11.9 Å². The Labute approximate surface area is 122 Å². The third kappa shape index (κ3) is 4.36. The van der Waals surface area contributed by atoms with Crippen LogP contribution in [0.1, 0.15) is 16.5 Å². The highest BCUT2D eigenvalue weighted by molar-refractivity contribution is 7.10. The highest BCUT2D eigenvalue weighted by atomic mass is 32.1. The highest BCUT2D eigenvalue weighted by Crippen LogP contribution is 2.17. The molecule has 2 rings (SSSR count). The summed E-state index contributed by atoms with van der Waals surface area (Å²) in [5.74, 6) is 0.418. The summed E-state index contributed by atoms with van der Waals surface area (Å²) in [5, 5.41) is 14.4. The van der Waals surface area contributed by atoms with Gasteiger partial charge in [0.15, 0.2) is 6.61 Å². The summed E-state index contributed by atoms with van der Waals surface area (Å²) in [4.78, 5) is 12.5. The number of hydrogen-bond acceptors (Lipinski definition) is 4. The molecule has 0 spiro atoms. The maximum absolute atomic E-state index is 11.6. The van der Waals surface area contributed by atoms with Crippen LogP contribution in [0.15, 0.2) is 41.8 Å². The molecule has 0 aliphatic heterocycles. The average Bonchev–Trinajstić information content (AvgIpc) is 2.97. The van der Waals surface area contributed by atoms with Gasteiger partial charge < -0.3 is 15.2 Å². The molecule has 0 bridgehead atoms. The van der Waals surface area contributed by atoms with Gasteiger partial charge in [0, 0.05) is 11.4 Å². The van der Waals surface area contributed by atoms with Crippen molar-refractivity contribution in [1.29, 1.82) is 0 Å². The second kappa shape index (κ2) is 7.07. The maximum Gasteiger partial charge on any atom is 0.258 e. The smallest absolute Gasteiger partial charge is 0.258 e. The summed E-state index contributed by atoms with van der Waals surface area (Å²) < 4.78 is 5.38. The number of nitrogens with one attached hydrogen (secondary N) is 1. The van der Waals surface area contributed by atoms with E-state index in [4.69, 9.17) is 4.74 Å². The normalized spacial score (nSPS) is 11.9. The third-order valence-electron chi connectivity index (χ3n) is 2.72. The van der Waals surface area contributed by atoms with E-state index >= 15 is 0 Å². The standard InChI is InChI=1S/C15H17NO3S/c1-11-4-2-5-12(8-11)19-10-15(18)16-9-13(17)14-6-3-7-20-14/h2-8,13,17H,9-10H2,1H3,(H,16,18). The fourth-order valence-corrected chi connectivity index (χ4v) is 2.41. The van der Waals surface area contributed by atoms with E-state index in [1.165, 1.54) is 11.3 Å². The summed E-state index contributed by atoms with van der Waals surface area (Å²) >= 11 is 1.46. The Balaban J connectivity index is 1.73. The minimum atomic E-state index is -0.669. The molecule has 0 saturated heterocycles. The molecule has 4 nitrogen and oxygen atoms in total. The van der Waals surface area contributed by atoms with E-state index < -0.39 is 6.10 Å². The lowest BCUT2D eigenvalue weighted by Gasteiger charge is -2.11. The molecule has 5 heteroatoms. The molecule has 20 heavy (non-hydrogen) atoms. The maximum atomic E-state index is 11.6. The van der Waals surface area contributed by atoms with Crippen molar-refractivity contribution in [2.45, 2.75) is 13.0 Å². The largest absolute Gasteiger partial charge is 0.484 e. The van der Waals surface area contributed by atoms with Crippen LogP contribution in [0.5, 0.6) is 5.75 Å². The molecule has 2 N–H and O–H groups in total. The Kier molecular flexibility index (Phi) is 5.15. The van der Waals surface area contributed by atoms with Crippen molar-refractivity contribution >= 4 is 17.2 Å². The van der Waals surface area contributed by atoms with Crippen LogP contribution in [0.3, 0.4) is 0 Å². The summed E-state index contributed by atoms with van der Waals surface area (Å²) in [6.07, 6.45) is -0.669. The van der Waals surface area contributed by atoms with E-state index in [2.05, 4.69) is 5.32 Å². The van der Waals surface area contributed by atoms with Gasteiger partial charge in [0.2, 0.25) is 0 Å². The molecule has 0 fully saturated rings. The summed E-state index contributed by atoms with van der Waals surface area (Å²) in [5.41, 5.74) is 1.08. The summed E-state index contributed by atoms with van der Waals surface area (Å²) in [6, 6.07) is 11.2. The number of aliphatic hydroxyl groups is 1. The molecule has 1 aromatic heterocycles. The molecule has 0 saturated carbocycles. The topological polar surface area (TPSA) is 58.6 Å². The number of thiophene rings is 1. The molecular weight excluding hydrogens is 274 g/mol. The average molecular weight is 291 g/mol. The first kappa shape index (κ1) is 14.6. The van der Waals surface area contributed by atoms with Crippen molar-refractivity contribution in [3.05, 3.63) is 52.2 Å². The zero-order chi connectivity index (χ0) is 14.4. The van der Waals surface area contributed by atoms with Gasteiger partial charge in [-0.1, -0.05) is 18.2 Å². The minimum Gasteiger partial charge on any atom is -0.484 e. The van der Waals surface area contributed by atoms with E-state index in [1.807, 2.05) is 42.6 Å². The number of hydrogen-bond donors (Lipinski definition) is 2. The Bertz CT molecular complexity index is 554. The Hall–Kier alpha value is -1.85. The first-order chi connectivity index (χ1) is 9.65. The third-order valence-corrected chi connectivity index (χ3v) is 3.70. The van der Waals surface area contributed by atoms with Gasteiger partial charge in [0.25, 0.3) is 5.91 Å². The molecule has 1 amide bonds. The van der Waals surface area contributed by atoms with Crippen LogP contribution in [0.2, 0.25) is 0 Å². The molecule has 1 atom stereocenters. The van der Waals surface area contributed by atoms with E-state index in [-0.39, 0.29) is 19.1 Å². The first-order valence-electron chi connectivity index (χ1n) is 6.33. The molecule has 0 radical (unpaired) electrons. The van der Waals surface area contributed by atoms with Crippen LogP contribution in [-0.2, 0) is 4.79 Å². The van der Waals surface area contributed by atoms with E-state index in [9.17, 15) is 9.90 Å². The van der Waals surface area contributed by atoms with Crippen molar-refractivity contribution in [2.75, 3.05) is 13.2 Å². The lowest BCUT2D eigenvalue weighted by molar-refractivity contribution is -0.123. The van der Waals surface area contributed by atoms with E-state index in [0.29, 0.717) is 5.75 Å². The summed E-state index contributed by atoms with van der Waals surface area (Å²) in [6.45, 7) is 2.10. The lowest BCUT2D eigenvalue weighted by Crippen LogP contribution is -2.32. The number of aryl methyl sites for hydroxylation is 1. The van der Waals surface area contributed by atoms with Gasteiger partial charge in [-0.25, -0.2) is 0 Å². The number of aliphatic hydroxyl groups excluding tert-OH is 1. The lowest BCUT2D eigenvalue weighted by atomic mass is 10.2. The van der Waals surface area contributed by atoms with Crippen LogP contribution in [0, 0.1) is 6.92 Å². The molecule has 0 aliphatic carbocycles. The van der Waals surface area contributed by atoms with Crippen molar-refractivity contribution in [1.82, 2.24) is 5.32 Å². The van der Waals surface area contributed by atoms with Crippen molar-refractivity contribution in [3.63, 3.8) is 0 Å². The van der Waals surface area contributed by atoms with Crippen molar-refractivity contribution in [2.24, 2.45) is 0 Å². The predicted octanol–water partition coefficient (Wildman–Crippen LogP) is 2.29. The summed E-state index contributed by atoms with van der Waals surface area (Å²) in [7, 11) is 0. The monoisotopic (exact) mass is 291 g/mol. The molecule has 106 valence electrons. The molecular formula is C15H17NO3S. The molecule has 1 aromatic carbocycles. The Morgan fingerprint density at radius 3 is 2.95 bits per heavy atom. The Morgan fingerprint density at radius 2 is 2.25 bits per heavy atom. The minimum absolute atomic E-state index is 0.0549. The van der Waals surface area contributed by atoms with Gasteiger partial charge >= 0.3 is 0 Å². The predicted molar refractivity (Wildman–Crippen MR) is 79.0 cm³/mol. The fourth-order valence-electron chi connectivity index (χ4n) is 1.70. The highest BCUT2D eigenvalue weighted by Gasteiger charge is 2.10. The van der Waals surface area contributed by atoms with Crippen LogP contribution < -0.4 is 10.1 Å². The molecule has 2 aromatic rings. The number of amides is 1. The van der Waals surface area contributed by atoms with E-state index in [1.54, 1.807) is 6.07 Å². The van der Waals surface area contributed by atoms with Gasteiger partial charge in [-0.15, -0.1) is 11.3 Å². The van der Waals surface area contributed by atoms with Gasteiger partial charge in [-0.05, 0) is 36.1 Å². The zero-order valence-corrected chi connectivity index (χ0v) is 12.0. The van der Waals surface area contributed by atoms with Crippen molar-refractivity contribution in [3.8, 4) is 5.75 Å². The number of ether oxygens (including phenoxy) is 1. The van der Waals surface area contributed by atoms with Crippen LogP contribution in [-0.4, -0.2) is 24.2 Å².